The lowest BCUT2D eigenvalue weighted by molar-refractivity contribution is 0.337. The molecule has 0 saturated carbocycles. The molecule has 1 aromatic rings. The molecule has 1 fully saturated rings. The molecule has 0 amide bonds. The first-order valence-electron chi connectivity index (χ1n) is 4.20. The zero-order valence-corrected chi connectivity index (χ0v) is 6.79. The van der Waals surface area contributed by atoms with Gasteiger partial charge >= 0.3 is 0 Å². The highest BCUT2D eigenvalue weighted by Crippen LogP contribution is 2.56. The lowest BCUT2D eigenvalue weighted by atomic mass is 10.1. The van der Waals surface area contributed by atoms with Gasteiger partial charge in [-0.05, 0) is 16.7 Å². The Labute approximate surface area is 74.8 Å². The van der Waals surface area contributed by atoms with Gasteiger partial charge in [0.2, 0.25) is 0 Å². The van der Waals surface area contributed by atoms with Crippen molar-refractivity contribution < 1.29 is 4.74 Å². The van der Waals surface area contributed by atoms with Crippen LogP contribution in [0.1, 0.15) is 23.3 Å². The minimum Gasteiger partial charge on any atom is -0.364 e. The van der Waals surface area contributed by atoms with Crippen LogP contribution < -0.4 is 0 Å². The Balaban J connectivity index is 2.14. The molecule has 1 aromatic carbocycles. The molecule has 0 radical (unpaired) electrons. The second-order valence-electron chi connectivity index (χ2n) is 3.30. The van der Waals surface area contributed by atoms with Gasteiger partial charge < -0.3 is 4.74 Å². The Hall–Kier alpha value is -1.51. The van der Waals surface area contributed by atoms with Crippen LogP contribution in [0.5, 0.6) is 0 Å². The molecule has 0 bridgehead atoms. The molecule has 3 atom stereocenters. The zero-order valence-electron chi connectivity index (χ0n) is 6.79. The molecular formula is C9H7N3O. The topological polar surface area (TPSA) is 61.3 Å². The maximum atomic E-state index is 8.39. The summed E-state index contributed by atoms with van der Waals surface area (Å²) in [5.74, 6) is 0. The van der Waals surface area contributed by atoms with Crippen LogP contribution >= 0.6 is 0 Å². The second kappa shape index (κ2) is 2.25. The van der Waals surface area contributed by atoms with Crippen LogP contribution in [0.25, 0.3) is 10.4 Å². The van der Waals surface area contributed by atoms with Gasteiger partial charge in [0.1, 0.15) is 12.2 Å². The van der Waals surface area contributed by atoms with E-state index < -0.39 is 0 Å². The van der Waals surface area contributed by atoms with Crippen LogP contribution in [0.3, 0.4) is 0 Å². The van der Waals surface area contributed by atoms with Gasteiger partial charge in [0, 0.05) is 4.91 Å². The fourth-order valence-corrected chi connectivity index (χ4v) is 2.01. The molecule has 1 aliphatic carbocycles. The number of rotatable bonds is 1. The summed E-state index contributed by atoms with van der Waals surface area (Å²) in [6.07, 6.45) is 0.292. The van der Waals surface area contributed by atoms with E-state index in [0.29, 0.717) is 0 Å². The first-order valence-corrected chi connectivity index (χ1v) is 4.20. The standard InChI is InChI=1S/C9H7N3O/c10-12-11-7-5-3-1-2-4-6(5)8-9(7)13-8/h1-4,7-9H. The van der Waals surface area contributed by atoms with Gasteiger partial charge in [-0.3, -0.25) is 0 Å². The molecule has 0 spiro atoms. The molecule has 1 saturated heterocycles. The fourth-order valence-electron chi connectivity index (χ4n) is 2.01. The molecule has 3 unspecified atom stereocenters. The van der Waals surface area contributed by atoms with E-state index in [1.807, 2.05) is 24.3 Å². The van der Waals surface area contributed by atoms with E-state index in [0.717, 1.165) is 5.56 Å². The van der Waals surface area contributed by atoms with Crippen molar-refractivity contribution in [3.8, 4) is 0 Å². The Morgan fingerprint density at radius 3 is 2.85 bits per heavy atom. The van der Waals surface area contributed by atoms with Gasteiger partial charge in [0.25, 0.3) is 0 Å². The number of nitrogens with zero attached hydrogens (tertiary/aromatic N) is 3. The molecule has 64 valence electrons. The third kappa shape index (κ3) is 0.813. The second-order valence-corrected chi connectivity index (χ2v) is 3.30. The largest absolute Gasteiger partial charge is 0.364 e. The quantitative estimate of drug-likeness (QED) is 0.278. The van der Waals surface area contributed by atoms with E-state index in [1.165, 1.54) is 5.56 Å². The lowest BCUT2D eigenvalue weighted by Gasteiger charge is -2.06. The summed E-state index contributed by atoms with van der Waals surface area (Å²) in [5.41, 5.74) is 10.7. The summed E-state index contributed by atoms with van der Waals surface area (Å²) < 4.78 is 5.38. The third-order valence-corrected chi connectivity index (χ3v) is 2.63. The summed E-state index contributed by atoms with van der Waals surface area (Å²) in [4.78, 5) is 2.84. The van der Waals surface area contributed by atoms with Gasteiger partial charge in [0.05, 0.1) is 6.04 Å². The number of azide groups is 1. The molecule has 4 heteroatoms. The van der Waals surface area contributed by atoms with Gasteiger partial charge in [-0.15, -0.1) is 0 Å². The van der Waals surface area contributed by atoms with Crippen molar-refractivity contribution in [3.05, 3.63) is 45.8 Å². The number of benzene rings is 1. The van der Waals surface area contributed by atoms with Crippen LogP contribution in [0, 0.1) is 0 Å². The van der Waals surface area contributed by atoms with Gasteiger partial charge in [0.15, 0.2) is 0 Å². The van der Waals surface area contributed by atoms with Crippen molar-refractivity contribution in [3.63, 3.8) is 0 Å². The maximum Gasteiger partial charge on any atom is 0.110 e. The third-order valence-electron chi connectivity index (χ3n) is 2.63. The molecule has 13 heavy (non-hydrogen) atoms. The normalized spacial score (nSPS) is 33.1. The summed E-state index contributed by atoms with van der Waals surface area (Å²) in [6.45, 7) is 0. The predicted octanol–water partition coefficient (Wildman–Crippen LogP) is 2.49. The first kappa shape index (κ1) is 6.95. The van der Waals surface area contributed by atoms with Crippen molar-refractivity contribution in [2.75, 3.05) is 0 Å². The Morgan fingerprint density at radius 2 is 2.08 bits per heavy atom. The minimum absolute atomic E-state index is 0.105. The van der Waals surface area contributed by atoms with E-state index >= 15 is 0 Å². The van der Waals surface area contributed by atoms with Crippen LogP contribution in [0.4, 0.5) is 0 Å². The summed E-state index contributed by atoms with van der Waals surface area (Å²) in [5, 5.41) is 3.74. The molecule has 2 aliphatic rings. The summed E-state index contributed by atoms with van der Waals surface area (Å²) in [7, 11) is 0. The average molecular weight is 173 g/mol. The smallest absolute Gasteiger partial charge is 0.110 e. The highest BCUT2D eigenvalue weighted by Gasteiger charge is 2.53. The van der Waals surface area contributed by atoms with E-state index in [-0.39, 0.29) is 18.2 Å². The van der Waals surface area contributed by atoms with Gasteiger partial charge in [-0.25, -0.2) is 0 Å². The fraction of sp³-hybridized carbons (Fsp3) is 0.333. The van der Waals surface area contributed by atoms with E-state index in [4.69, 9.17) is 10.3 Å². The molecule has 1 aliphatic heterocycles. The van der Waals surface area contributed by atoms with Gasteiger partial charge in [-0.2, -0.15) is 0 Å². The zero-order chi connectivity index (χ0) is 8.84. The van der Waals surface area contributed by atoms with Crippen molar-refractivity contribution >= 4 is 0 Å². The number of fused-ring (bicyclic) bond motifs is 3. The lowest BCUT2D eigenvalue weighted by Crippen LogP contribution is -1.97. The number of hydrogen-bond donors (Lipinski definition) is 0. The van der Waals surface area contributed by atoms with Crippen LogP contribution in [-0.4, -0.2) is 6.10 Å². The number of epoxide rings is 1. The Kier molecular flexibility index (Phi) is 1.20. The van der Waals surface area contributed by atoms with Crippen molar-refractivity contribution in [1.82, 2.24) is 0 Å². The molecule has 3 rings (SSSR count). The van der Waals surface area contributed by atoms with Crippen LogP contribution in [0.15, 0.2) is 29.4 Å². The Morgan fingerprint density at radius 1 is 1.31 bits per heavy atom. The van der Waals surface area contributed by atoms with Gasteiger partial charge in [-0.1, -0.05) is 29.4 Å². The minimum atomic E-state index is -0.105. The SMILES string of the molecule is [N-]=[N+]=NC1c2ccccc2C2OC12. The molecule has 4 nitrogen and oxygen atoms in total. The highest BCUT2D eigenvalue weighted by molar-refractivity contribution is 5.42. The maximum absolute atomic E-state index is 8.39. The van der Waals surface area contributed by atoms with Crippen molar-refractivity contribution in [2.45, 2.75) is 18.2 Å². The highest BCUT2D eigenvalue weighted by atomic mass is 16.6. The average Bonchev–Trinajstić information content (AvgIpc) is 2.89. The van der Waals surface area contributed by atoms with E-state index in [9.17, 15) is 0 Å². The molecule has 0 aromatic heterocycles. The molecule has 1 heterocycles. The van der Waals surface area contributed by atoms with E-state index in [1.54, 1.807) is 0 Å². The first-order chi connectivity index (χ1) is 6.42. The van der Waals surface area contributed by atoms with Crippen molar-refractivity contribution in [2.24, 2.45) is 5.11 Å². The van der Waals surface area contributed by atoms with Crippen LogP contribution in [-0.2, 0) is 4.74 Å². The number of ether oxygens (including phenoxy) is 1. The molecular weight excluding hydrogens is 166 g/mol. The van der Waals surface area contributed by atoms with Crippen molar-refractivity contribution in [1.29, 1.82) is 0 Å². The number of hydrogen-bond acceptors (Lipinski definition) is 2. The van der Waals surface area contributed by atoms with Crippen LogP contribution in [0.2, 0.25) is 0 Å². The summed E-state index contributed by atoms with van der Waals surface area (Å²) in [6, 6.07) is 7.88. The summed E-state index contributed by atoms with van der Waals surface area (Å²) >= 11 is 0. The monoisotopic (exact) mass is 173 g/mol. The van der Waals surface area contributed by atoms with E-state index in [2.05, 4.69) is 10.0 Å². The Bertz CT molecular complexity index is 411. The predicted molar refractivity (Wildman–Crippen MR) is 45.9 cm³/mol. The molecule has 0 N–H and O–H groups in total.